The van der Waals surface area contributed by atoms with E-state index in [-0.39, 0.29) is 10.8 Å². The zero-order valence-corrected chi connectivity index (χ0v) is 20.8. The zero-order chi connectivity index (χ0) is 24.7. The van der Waals surface area contributed by atoms with Crippen molar-refractivity contribution in [3.8, 4) is 0 Å². The molecule has 1 amide bonds. The van der Waals surface area contributed by atoms with Gasteiger partial charge in [0.05, 0.1) is 16.3 Å². The maximum absolute atomic E-state index is 13.3. The molecule has 0 atom stereocenters. The molecule has 0 saturated carbocycles. The summed E-state index contributed by atoms with van der Waals surface area (Å²) in [6.07, 6.45) is 1.90. The van der Waals surface area contributed by atoms with Crippen molar-refractivity contribution in [2.45, 2.75) is 31.2 Å². The van der Waals surface area contributed by atoms with Crippen LogP contribution >= 0.6 is 0 Å². The Bertz CT molecular complexity index is 1240. The van der Waals surface area contributed by atoms with Crippen LogP contribution in [0.25, 0.3) is 0 Å². The van der Waals surface area contributed by atoms with Crippen LogP contribution in [0.1, 0.15) is 34.8 Å². The van der Waals surface area contributed by atoms with Crippen molar-refractivity contribution in [1.82, 2.24) is 10.6 Å². The lowest BCUT2D eigenvalue weighted by Gasteiger charge is -2.31. The molecule has 0 spiro atoms. The van der Waals surface area contributed by atoms with Gasteiger partial charge >= 0.3 is 0 Å². The SMILES string of the molecule is CCCc1ccc(S(=O)(=O)Nc2cc(C(=O)NCc3ccccc3)ccc2N2CCNCC2)cc1. The standard InChI is InChI=1S/C27H32N4O3S/c1-2-6-21-9-12-24(13-10-21)35(33,34)30-25-19-23(11-14-26(25)31-17-15-28-16-18-31)27(32)29-20-22-7-4-3-5-8-22/h3-5,7-14,19,28,30H,2,6,15-18,20H2,1H3,(H,29,32). The van der Waals surface area contributed by atoms with Gasteiger partial charge in [-0.3, -0.25) is 9.52 Å². The number of rotatable bonds is 9. The molecule has 0 radical (unpaired) electrons. The van der Waals surface area contributed by atoms with E-state index in [1.54, 1.807) is 24.3 Å². The number of hydrogen-bond acceptors (Lipinski definition) is 5. The van der Waals surface area contributed by atoms with Crippen molar-refractivity contribution in [2.75, 3.05) is 35.8 Å². The summed E-state index contributed by atoms with van der Waals surface area (Å²) in [4.78, 5) is 15.2. The third-order valence-corrected chi connectivity index (χ3v) is 7.41. The number of nitrogens with one attached hydrogen (secondary N) is 3. The van der Waals surface area contributed by atoms with Crippen molar-refractivity contribution >= 4 is 27.3 Å². The van der Waals surface area contributed by atoms with Crippen LogP contribution in [0.4, 0.5) is 11.4 Å². The van der Waals surface area contributed by atoms with Crippen molar-refractivity contribution in [3.63, 3.8) is 0 Å². The lowest BCUT2D eigenvalue weighted by atomic mass is 10.1. The number of carbonyl (C=O) groups excluding carboxylic acids is 1. The van der Waals surface area contributed by atoms with E-state index >= 15 is 0 Å². The molecule has 8 heteroatoms. The van der Waals surface area contributed by atoms with E-state index in [9.17, 15) is 13.2 Å². The topological polar surface area (TPSA) is 90.5 Å². The Hall–Kier alpha value is -3.36. The average molecular weight is 493 g/mol. The number of hydrogen-bond donors (Lipinski definition) is 3. The summed E-state index contributed by atoms with van der Waals surface area (Å²) >= 11 is 0. The highest BCUT2D eigenvalue weighted by molar-refractivity contribution is 7.92. The normalized spacial score (nSPS) is 13.9. The van der Waals surface area contributed by atoms with E-state index in [0.717, 1.165) is 55.8 Å². The molecule has 0 bridgehead atoms. The fraction of sp³-hybridized carbons (Fsp3) is 0.296. The van der Waals surface area contributed by atoms with E-state index < -0.39 is 10.0 Å². The minimum absolute atomic E-state index is 0.197. The van der Waals surface area contributed by atoms with Gasteiger partial charge in [0.1, 0.15) is 0 Å². The maximum atomic E-state index is 13.3. The van der Waals surface area contributed by atoms with E-state index in [2.05, 4.69) is 27.2 Å². The Balaban J connectivity index is 1.59. The number of nitrogens with zero attached hydrogens (tertiary/aromatic N) is 1. The Labute approximate surface area is 207 Å². The Morgan fingerprint density at radius 1 is 0.943 bits per heavy atom. The van der Waals surface area contributed by atoms with Crippen molar-refractivity contribution in [2.24, 2.45) is 0 Å². The molecule has 1 fully saturated rings. The predicted molar refractivity (Wildman–Crippen MR) is 140 cm³/mol. The molecule has 4 rings (SSSR count). The third-order valence-electron chi connectivity index (χ3n) is 6.03. The van der Waals surface area contributed by atoms with Crippen LogP contribution in [0.5, 0.6) is 0 Å². The summed E-state index contributed by atoms with van der Waals surface area (Å²) in [6, 6.07) is 21.8. The van der Waals surface area contributed by atoms with Crippen LogP contribution in [-0.4, -0.2) is 40.5 Å². The number of anilines is 2. The van der Waals surface area contributed by atoms with Gasteiger partial charge in [0.25, 0.3) is 15.9 Å². The molecule has 0 aliphatic carbocycles. The van der Waals surface area contributed by atoms with Crippen LogP contribution in [0, 0.1) is 0 Å². The second-order valence-electron chi connectivity index (χ2n) is 8.64. The Morgan fingerprint density at radius 3 is 2.34 bits per heavy atom. The number of sulfonamides is 1. The third kappa shape index (κ3) is 6.41. The molecule has 0 aromatic heterocycles. The second-order valence-corrected chi connectivity index (χ2v) is 10.3. The van der Waals surface area contributed by atoms with E-state index in [1.165, 1.54) is 0 Å². The van der Waals surface area contributed by atoms with Gasteiger partial charge in [-0.2, -0.15) is 0 Å². The zero-order valence-electron chi connectivity index (χ0n) is 20.0. The molecule has 1 saturated heterocycles. The molecule has 1 aliphatic heterocycles. The number of amides is 1. The molecule has 184 valence electrons. The summed E-state index contributed by atoms with van der Waals surface area (Å²) in [5.41, 5.74) is 3.65. The first-order chi connectivity index (χ1) is 17.0. The van der Waals surface area contributed by atoms with Gasteiger partial charge in [-0.15, -0.1) is 0 Å². The number of piperazine rings is 1. The molecule has 1 heterocycles. The summed E-state index contributed by atoms with van der Waals surface area (Å²) in [5, 5.41) is 6.23. The van der Waals surface area contributed by atoms with Crippen LogP contribution in [0.15, 0.2) is 77.7 Å². The van der Waals surface area contributed by atoms with Crippen LogP contribution in [0.2, 0.25) is 0 Å². The summed E-state index contributed by atoms with van der Waals surface area (Å²) < 4.78 is 29.3. The second kappa shape index (κ2) is 11.4. The van der Waals surface area contributed by atoms with Gasteiger partial charge in [0, 0.05) is 38.3 Å². The van der Waals surface area contributed by atoms with Gasteiger partial charge in [-0.05, 0) is 47.9 Å². The van der Waals surface area contributed by atoms with Crippen molar-refractivity contribution in [3.05, 3.63) is 89.5 Å². The molecular weight excluding hydrogens is 460 g/mol. The molecule has 3 aromatic carbocycles. The maximum Gasteiger partial charge on any atom is 0.261 e. The first-order valence-corrected chi connectivity index (χ1v) is 13.5. The predicted octanol–water partition coefficient (Wildman–Crippen LogP) is 3.78. The number of aryl methyl sites for hydroxylation is 1. The molecule has 7 nitrogen and oxygen atoms in total. The molecule has 3 aromatic rings. The van der Waals surface area contributed by atoms with E-state index in [0.29, 0.717) is 17.8 Å². The molecule has 3 N–H and O–H groups in total. The summed E-state index contributed by atoms with van der Waals surface area (Å²) in [6.45, 7) is 5.60. The monoisotopic (exact) mass is 492 g/mol. The Kier molecular flexibility index (Phi) is 8.05. The molecule has 1 aliphatic rings. The molecular formula is C27H32N4O3S. The fourth-order valence-corrected chi connectivity index (χ4v) is 5.21. The lowest BCUT2D eigenvalue weighted by Crippen LogP contribution is -2.43. The first kappa shape index (κ1) is 24.8. The average Bonchev–Trinajstić information content (AvgIpc) is 2.89. The summed E-state index contributed by atoms with van der Waals surface area (Å²) in [5.74, 6) is -0.259. The van der Waals surface area contributed by atoms with E-state index in [1.807, 2.05) is 48.5 Å². The highest BCUT2D eigenvalue weighted by Crippen LogP contribution is 2.30. The van der Waals surface area contributed by atoms with Crippen LogP contribution in [-0.2, 0) is 23.0 Å². The van der Waals surface area contributed by atoms with Gasteiger partial charge in [0.2, 0.25) is 0 Å². The largest absolute Gasteiger partial charge is 0.367 e. The molecule has 35 heavy (non-hydrogen) atoms. The van der Waals surface area contributed by atoms with Crippen LogP contribution in [0.3, 0.4) is 0 Å². The van der Waals surface area contributed by atoms with Crippen molar-refractivity contribution in [1.29, 1.82) is 0 Å². The van der Waals surface area contributed by atoms with Crippen molar-refractivity contribution < 1.29 is 13.2 Å². The highest BCUT2D eigenvalue weighted by atomic mass is 32.2. The van der Waals surface area contributed by atoms with Gasteiger partial charge < -0.3 is 15.5 Å². The smallest absolute Gasteiger partial charge is 0.261 e. The number of benzene rings is 3. The first-order valence-electron chi connectivity index (χ1n) is 12.0. The Morgan fingerprint density at radius 2 is 1.66 bits per heavy atom. The fourth-order valence-electron chi connectivity index (χ4n) is 4.15. The minimum Gasteiger partial charge on any atom is -0.367 e. The summed E-state index contributed by atoms with van der Waals surface area (Å²) in [7, 11) is -3.83. The lowest BCUT2D eigenvalue weighted by molar-refractivity contribution is 0.0951. The minimum atomic E-state index is -3.83. The number of carbonyl (C=O) groups is 1. The van der Waals surface area contributed by atoms with Gasteiger partial charge in [-0.1, -0.05) is 55.8 Å². The van der Waals surface area contributed by atoms with Gasteiger partial charge in [0.15, 0.2) is 0 Å². The van der Waals surface area contributed by atoms with Gasteiger partial charge in [-0.25, -0.2) is 8.42 Å². The highest BCUT2D eigenvalue weighted by Gasteiger charge is 2.21. The van der Waals surface area contributed by atoms with E-state index in [4.69, 9.17) is 0 Å². The quantitative estimate of drug-likeness (QED) is 0.423. The van der Waals surface area contributed by atoms with Crippen LogP contribution < -0.4 is 20.3 Å². The molecule has 0 unspecified atom stereocenters.